The van der Waals surface area contributed by atoms with Crippen LogP contribution in [-0.2, 0) is 0 Å². The molecule has 0 saturated heterocycles. The van der Waals surface area contributed by atoms with Gasteiger partial charge < -0.3 is 0 Å². The third-order valence-corrected chi connectivity index (χ3v) is 3.86. The number of hydrogen-bond acceptors (Lipinski definition) is 2. The Balaban J connectivity index is 2.01. The third kappa shape index (κ3) is 4.97. The van der Waals surface area contributed by atoms with Gasteiger partial charge in [0, 0.05) is 25.6 Å². The molecule has 0 saturated carbocycles. The van der Waals surface area contributed by atoms with Gasteiger partial charge in [0.2, 0.25) is 0 Å². The van der Waals surface area contributed by atoms with E-state index in [9.17, 15) is 4.79 Å². The quantitative estimate of drug-likeness (QED) is 0.402. The predicted octanol–water partition coefficient (Wildman–Crippen LogP) is 5.10. The van der Waals surface area contributed by atoms with E-state index in [0.717, 1.165) is 36.1 Å². The Bertz CT molecular complexity index is 620. The molecule has 0 amide bonds. The number of carbonyl (C=O) groups is 1. The molecule has 2 nitrogen and oxygen atoms in total. The van der Waals surface area contributed by atoms with Crippen molar-refractivity contribution in [3.63, 3.8) is 0 Å². The van der Waals surface area contributed by atoms with Crippen LogP contribution in [0.15, 0.2) is 48.5 Å². The van der Waals surface area contributed by atoms with Crippen LogP contribution in [0.5, 0.6) is 0 Å². The second-order valence-corrected chi connectivity index (χ2v) is 6.23. The van der Waals surface area contributed by atoms with Gasteiger partial charge in [0.1, 0.15) is 0 Å². The zero-order valence-electron chi connectivity index (χ0n) is 13.2. The molecule has 0 fully saturated rings. The number of ketones is 1. The summed E-state index contributed by atoms with van der Waals surface area (Å²) in [4.78, 5) is 12.3. The van der Waals surface area contributed by atoms with Gasteiger partial charge >= 0.3 is 0 Å². The van der Waals surface area contributed by atoms with Gasteiger partial charge in [0.05, 0.1) is 0 Å². The lowest BCUT2D eigenvalue weighted by Gasteiger charge is -2.07. The lowest BCUT2D eigenvalue weighted by Crippen LogP contribution is -2.07. The summed E-state index contributed by atoms with van der Waals surface area (Å²) in [6, 6.07) is 16.2. The maximum absolute atomic E-state index is 12.3. The average Bonchev–Trinajstić information content (AvgIpc) is 2.52. The van der Waals surface area contributed by atoms with E-state index in [-0.39, 0.29) is 5.78 Å². The molecular formula is C19H22ClNO. The first kappa shape index (κ1) is 16.7. The fourth-order valence-corrected chi connectivity index (χ4v) is 2.50. The molecule has 0 aromatic heterocycles. The number of halogens is 1. The molecular weight excluding hydrogens is 294 g/mol. The SMILES string of the molecule is Cc1ccc(-c2cccc(C(=O)CCCCN(C)Cl)c2)cc1. The Kier molecular flexibility index (Phi) is 6.17. The van der Waals surface area contributed by atoms with E-state index in [1.165, 1.54) is 5.56 Å². The van der Waals surface area contributed by atoms with Gasteiger partial charge in [-0.2, -0.15) is 0 Å². The van der Waals surface area contributed by atoms with Crippen molar-refractivity contribution in [3.05, 3.63) is 59.7 Å². The number of nitrogens with zero attached hydrogens (tertiary/aromatic N) is 1. The van der Waals surface area contributed by atoms with E-state index in [2.05, 4.69) is 31.2 Å². The molecule has 0 radical (unpaired) electrons. The molecule has 0 atom stereocenters. The van der Waals surface area contributed by atoms with E-state index >= 15 is 0 Å². The average molecular weight is 316 g/mol. The van der Waals surface area contributed by atoms with Gasteiger partial charge in [-0.3, -0.25) is 4.79 Å². The van der Waals surface area contributed by atoms with Crippen molar-refractivity contribution in [3.8, 4) is 11.1 Å². The summed E-state index contributed by atoms with van der Waals surface area (Å²) in [5, 5.41) is 0. The van der Waals surface area contributed by atoms with E-state index in [1.807, 2.05) is 31.3 Å². The van der Waals surface area contributed by atoms with Crippen molar-refractivity contribution in [2.24, 2.45) is 0 Å². The molecule has 2 aromatic rings. The Morgan fingerprint density at radius 2 is 1.77 bits per heavy atom. The molecule has 0 aliphatic heterocycles. The van der Waals surface area contributed by atoms with Gasteiger partial charge in [-0.05, 0) is 48.7 Å². The van der Waals surface area contributed by atoms with Crippen LogP contribution in [0.4, 0.5) is 0 Å². The molecule has 3 heteroatoms. The Morgan fingerprint density at radius 3 is 2.45 bits per heavy atom. The molecule has 0 heterocycles. The topological polar surface area (TPSA) is 20.3 Å². The van der Waals surface area contributed by atoms with Crippen LogP contribution in [-0.4, -0.2) is 23.8 Å². The third-order valence-electron chi connectivity index (χ3n) is 3.69. The fourth-order valence-electron chi connectivity index (χ4n) is 2.38. The van der Waals surface area contributed by atoms with Crippen molar-refractivity contribution in [1.82, 2.24) is 4.42 Å². The molecule has 0 bridgehead atoms. The number of unbranched alkanes of at least 4 members (excludes halogenated alkanes) is 1. The summed E-state index contributed by atoms with van der Waals surface area (Å²) >= 11 is 5.76. The van der Waals surface area contributed by atoms with Crippen LogP contribution in [0.2, 0.25) is 0 Å². The van der Waals surface area contributed by atoms with Crippen molar-refractivity contribution in [2.75, 3.05) is 13.6 Å². The first-order chi connectivity index (χ1) is 10.6. The van der Waals surface area contributed by atoms with E-state index in [1.54, 1.807) is 4.42 Å². The predicted molar refractivity (Wildman–Crippen MR) is 93.3 cm³/mol. The van der Waals surface area contributed by atoms with Crippen molar-refractivity contribution in [2.45, 2.75) is 26.2 Å². The first-order valence-corrected chi connectivity index (χ1v) is 7.97. The van der Waals surface area contributed by atoms with Crippen molar-refractivity contribution in [1.29, 1.82) is 0 Å². The Labute approximate surface area is 137 Å². The minimum absolute atomic E-state index is 0.200. The Hall–Kier alpha value is -1.64. The first-order valence-electron chi connectivity index (χ1n) is 7.63. The fraction of sp³-hybridized carbons (Fsp3) is 0.316. The highest BCUT2D eigenvalue weighted by molar-refractivity contribution is 6.13. The molecule has 22 heavy (non-hydrogen) atoms. The maximum Gasteiger partial charge on any atom is 0.162 e. The lowest BCUT2D eigenvalue weighted by molar-refractivity contribution is 0.0979. The van der Waals surface area contributed by atoms with E-state index < -0.39 is 0 Å². The maximum atomic E-state index is 12.3. The van der Waals surface area contributed by atoms with Gasteiger partial charge in [-0.1, -0.05) is 48.0 Å². The largest absolute Gasteiger partial charge is 0.294 e. The molecule has 0 aliphatic rings. The van der Waals surface area contributed by atoms with Crippen LogP contribution in [0.3, 0.4) is 0 Å². The Morgan fingerprint density at radius 1 is 1.05 bits per heavy atom. The summed E-state index contributed by atoms with van der Waals surface area (Å²) in [6.07, 6.45) is 2.37. The second-order valence-electron chi connectivity index (χ2n) is 5.66. The highest BCUT2D eigenvalue weighted by Gasteiger charge is 2.07. The molecule has 2 rings (SSSR count). The highest BCUT2D eigenvalue weighted by atomic mass is 35.5. The molecule has 0 aliphatic carbocycles. The van der Waals surface area contributed by atoms with Crippen molar-refractivity contribution >= 4 is 17.6 Å². The zero-order valence-corrected chi connectivity index (χ0v) is 13.9. The highest BCUT2D eigenvalue weighted by Crippen LogP contribution is 2.21. The van der Waals surface area contributed by atoms with E-state index in [4.69, 9.17) is 11.8 Å². The molecule has 0 N–H and O–H groups in total. The second kappa shape index (κ2) is 8.11. The number of Topliss-reactive ketones (excluding diaryl/α,β-unsaturated/α-hetero) is 1. The normalized spacial score (nSPS) is 10.9. The number of carbonyl (C=O) groups excluding carboxylic acids is 1. The van der Waals surface area contributed by atoms with Crippen LogP contribution in [0.25, 0.3) is 11.1 Å². The van der Waals surface area contributed by atoms with Gasteiger partial charge in [-0.25, -0.2) is 4.42 Å². The van der Waals surface area contributed by atoms with Crippen molar-refractivity contribution < 1.29 is 4.79 Å². The summed E-state index contributed by atoms with van der Waals surface area (Å²) < 4.78 is 1.63. The standard InChI is InChI=1S/C19H22ClNO/c1-15-9-11-16(12-10-15)17-6-5-7-18(14-17)19(22)8-3-4-13-21(2)20/h5-7,9-12,14H,3-4,8,13H2,1-2H3. The zero-order chi connectivity index (χ0) is 15.9. The summed E-state index contributed by atoms with van der Waals surface area (Å²) in [7, 11) is 1.83. The molecule has 0 spiro atoms. The lowest BCUT2D eigenvalue weighted by atomic mass is 9.99. The number of hydrogen-bond donors (Lipinski definition) is 0. The molecule has 2 aromatic carbocycles. The monoisotopic (exact) mass is 315 g/mol. The number of rotatable bonds is 7. The van der Waals surface area contributed by atoms with Crippen LogP contribution in [0.1, 0.15) is 35.2 Å². The van der Waals surface area contributed by atoms with Crippen LogP contribution < -0.4 is 0 Å². The minimum atomic E-state index is 0.200. The van der Waals surface area contributed by atoms with Crippen LogP contribution in [0, 0.1) is 6.92 Å². The smallest absolute Gasteiger partial charge is 0.162 e. The van der Waals surface area contributed by atoms with Gasteiger partial charge in [0.25, 0.3) is 0 Å². The minimum Gasteiger partial charge on any atom is -0.294 e. The summed E-state index contributed by atoms with van der Waals surface area (Å²) in [5.41, 5.74) is 4.26. The van der Waals surface area contributed by atoms with E-state index in [0.29, 0.717) is 6.42 Å². The van der Waals surface area contributed by atoms with Gasteiger partial charge in [-0.15, -0.1) is 0 Å². The molecule has 0 unspecified atom stereocenters. The summed E-state index contributed by atoms with van der Waals surface area (Å²) in [6.45, 7) is 2.88. The summed E-state index contributed by atoms with van der Waals surface area (Å²) in [5.74, 6) is 0.200. The number of aryl methyl sites for hydroxylation is 1. The van der Waals surface area contributed by atoms with Crippen LogP contribution >= 0.6 is 11.8 Å². The number of benzene rings is 2. The van der Waals surface area contributed by atoms with Gasteiger partial charge in [0.15, 0.2) is 5.78 Å². The molecule has 116 valence electrons.